The molecule has 104 valence electrons. The molecule has 0 amide bonds. The lowest BCUT2D eigenvalue weighted by Gasteiger charge is -2.25. The van der Waals surface area contributed by atoms with Gasteiger partial charge in [-0.1, -0.05) is 0 Å². The number of aliphatic hydroxyl groups excluding tert-OH is 5. The number of hydrogen-bond donors (Lipinski definition) is 8. The summed E-state index contributed by atoms with van der Waals surface area (Å²) >= 11 is 0. The summed E-state index contributed by atoms with van der Waals surface area (Å²) in [6, 6.07) is 0. The van der Waals surface area contributed by atoms with E-state index in [1.807, 2.05) is 0 Å². The summed E-state index contributed by atoms with van der Waals surface area (Å²) in [6.45, 7) is -0.569. The predicted octanol–water partition coefficient (Wildman–Crippen LogP) is -3.73. The van der Waals surface area contributed by atoms with Gasteiger partial charge in [-0.05, 0) is 7.05 Å². The Balaban J connectivity index is 0. The minimum absolute atomic E-state index is 0.0936. The maximum Gasteiger partial charge on any atom is 0.692 e. The van der Waals surface area contributed by atoms with Crippen molar-refractivity contribution in [3.8, 4) is 0 Å². The molecule has 0 saturated heterocycles. The zero-order valence-corrected chi connectivity index (χ0v) is 10.1. The van der Waals surface area contributed by atoms with Gasteiger partial charge in [-0.25, -0.2) is 0 Å². The first-order valence-corrected chi connectivity index (χ1v) is 5.77. The monoisotopic (exact) mass is 276 g/mol. The summed E-state index contributed by atoms with van der Waals surface area (Å²) in [5.41, 5.74) is 0. The third kappa shape index (κ3) is 10.6. The zero-order valence-electron chi connectivity index (χ0n) is 9.21. The van der Waals surface area contributed by atoms with Crippen LogP contribution >= 0.6 is 8.25 Å². The van der Waals surface area contributed by atoms with Gasteiger partial charge in [0.2, 0.25) is 0 Å². The van der Waals surface area contributed by atoms with Crippen LogP contribution in [0.1, 0.15) is 0 Å². The van der Waals surface area contributed by atoms with Gasteiger partial charge >= 0.3 is 8.25 Å². The quantitative estimate of drug-likeness (QED) is 0.227. The number of hydrogen-bond acceptors (Lipinski definition) is 7. The van der Waals surface area contributed by atoms with Crippen LogP contribution in [0.5, 0.6) is 0 Å². The van der Waals surface area contributed by atoms with Crippen LogP contribution in [-0.2, 0) is 4.57 Å². The van der Waals surface area contributed by atoms with E-state index in [0.717, 1.165) is 0 Å². The Labute approximate surface area is 98.9 Å². The number of aliphatic hydroxyl groups is 5. The van der Waals surface area contributed by atoms with Crippen molar-refractivity contribution >= 4 is 8.25 Å². The Morgan fingerprint density at radius 3 is 1.71 bits per heavy atom. The van der Waals surface area contributed by atoms with Gasteiger partial charge < -0.3 is 30.8 Å². The molecule has 0 aliphatic heterocycles. The first-order chi connectivity index (χ1) is 7.77. The van der Waals surface area contributed by atoms with Gasteiger partial charge in [-0.3, -0.25) is 0 Å². The molecule has 0 rings (SSSR count). The summed E-state index contributed by atoms with van der Waals surface area (Å²) in [5.74, 6) is 0. The fraction of sp³-hybridized carbons (Fsp3) is 1.00. The van der Waals surface area contributed by atoms with Gasteiger partial charge in [-0.2, -0.15) is 0 Å². The second-order valence-electron chi connectivity index (χ2n) is 3.11. The van der Waals surface area contributed by atoms with E-state index >= 15 is 0 Å². The molecule has 0 bridgehead atoms. The first-order valence-electron chi connectivity index (χ1n) is 4.60. The van der Waals surface area contributed by atoms with Gasteiger partial charge in [-0.15, -0.1) is 9.79 Å². The van der Waals surface area contributed by atoms with Crippen LogP contribution in [0.4, 0.5) is 0 Å². The molecule has 0 aromatic rings. The maximum atomic E-state index is 9.21. The largest absolute Gasteiger partial charge is 0.692 e. The van der Waals surface area contributed by atoms with E-state index in [0.29, 0.717) is 0 Å². The van der Waals surface area contributed by atoms with E-state index in [1.54, 1.807) is 7.05 Å². The third-order valence-corrected chi connectivity index (χ3v) is 1.74. The molecule has 0 radical (unpaired) electrons. The van der Waals surface area contributed by atoms with E-state index in [4.69, 9.17) is 34.8 Å². The minimum atomic E-state index is -2.87. The molecule has 0 saturated carbocycles. The van der Waals surface area contributed by atoms with Crippen LogP contribution in [0.3, 0.4) is 0 Å². The van der Waals surface area contributed by atoms with Gasteiger partial charge in [0.05, 0.1) is 12.7 Å². The molecule has 0 aliphatic rings. The van der Waals surface area contributed by atoms with Gasteiger partial charge in [0.15, 0.2) is 0 Å². The lowest BCUT2D eigenvalue weighted by atomic mass is 10.0. The van der Waals surface area contributed by atoms with Crippen molar-refractivity contribution in [3.05, 3.63) is 0 Å². The van der Waals surface area contributed by atoms with E-state index in [-0.39, 0.29) is 6.54 Å². The molecule has 10 heteroatoms. The molecular formula is C7H19NO8P+. The number of rotatable bonds is 6. The molecule has 0 unspecified atom stereocenters. The van der Waals surface area contributed by atoms with Gasteiger partial charge in [0, 0.05) is 11.1 Å². The van der Waals surface area contributed by atoms with Crippen molar-refractivity contribution in [2.24, 2.45) is 0 Å². The second-order valence-corrected chi connectivity index (χ2v) is 3.61. The van der Waals surface area contributed by atoms with Crippen molar-refractivity contribution < 1.29 is 39.9 Å². The average molecular weight is 276 g/mol. The molecule has 9 nitrogen and oxygen atoms in total. The highest BCUT2D eigenvalue weighted by Crippen LogP contribution is 2.04. The summed E-state index contributed by atoms with van der Waals surface area (Å²) in [7, 11) is -1.30. The normalized spacial score (nSPS) is 17.4. The van der Waals surface area contributed by atoms with Crippen molar-refractivity contribution in [2.45, 2.75) is 24.4 Å². The molecule has 17 heavy (non-hydrogen) atoms. The lowest BCUT2D eigenvalue weighted by molar-refractivity contribution is -0.113. The molecule has 0 aromatic carbocycles. The summed E-state index contributed by atoms with van der Waals surface area (Å²) < 4.78 is 8.70. The molecule has 0 heterocycles. The molecular weight excluding hydrogens is 257 g/mol. The first kappa shape index (κ1) is 19.1. The summed E-state index contributed by atoms with van der Waals surface area (Å²) in [6.07, 6.45) is -5.65. The fourth-order valence-electron chi connectivity index (χ4n) is 0.893. The van der Waals surface area contributed by atoms with Crippen LogP contribution in [0.2, 0.25) is 0 Å². The van der Waals surface area contributed by atoms with E-state index < -0.39 is 39.3 Å². The molecule has 0 spiro atoms. The third-order valence-electron chi connectivity index (χ3n) is 1.74. The van der Waals surface area contributed by atoms with Crippen molar-refractivity contribution in [1.82, 2.24) is 5.32 Å². The highest BCUT2D eigenvalue weighted by Gasteiger charge is 2.29. The standard InChI is InChI=1S/C7H17NO5.HO3P/c1-8-2-4(10)6(12)7(13)5(11)3-9;1-4(2)3/h4-13H,2-3H2,1H3;(H-,1,2,3)/p+1/t4-,5+,6+,7+;/m0./s1. The van der Waals surface area contributed by atoms with Crippen molar-refractivity contribution in [2.75, 3.05) is 20.2 Å². The van der Waals surface area contributed by atoms with Crippen molar-refractivity contribution in [3.63, 3.8) is 0 Å². The van der Waals surface area contributed by atoms with E-state index in [1.165, 1.54) is 0 Å². The summed E-state index contributed by atoms with van der Waals surface area (Å²) in [5, 5.41) is 47.5. The number of nitrogens with one attached hydrogen (secondary N) is 1. The predicted molar refractivity (Wildman–Crippen MR) is 57.1 cm³/mol. The Morgan fingerprint density at radius 1 is 1.06 bits per heavy atom. The topological polar surface area (TPSA) is 171 Å². The highest BCUT2D eigenvalue weighted by atomic mass is 31.1. The van der Waals surface area contributed by atoms with Crippen LogP contribution in [-0.4, -0.2) is 79.9 Å². The molecule has 0 fully saturated rings. The van der Waals surface area contributed by atoms with E-state index in [2.05, 4.69) is 5.32 Å². The molecule has 4 atom stereocenters. The van der Waals surface area contributed by atoms with Crippen LogP contribution < -0.4 is 5.32 Å². The smallest absolute Gasteiger partial charge is 0.394 e. The Kier molecular flexibility index (Phi) is 12.3. The average Bonchev–Trinajstić information content (AvgIpc) is 2.25. The lowest BCUT2D eigenvalue weighted by Crippen LogP contribution is -2.48. The van der Waals surface area contributed by atoms with Crippen LogP contribution in [0.25, 0.3) is 0 Å². The van der Waals surface area contributed by atoms with Gasteiger partial charge in [0.25, 0.3) is 0 Å². The second kappa shape index (κ2) is 10.9. The number of likely N-dealkylation sites (N-methyl/N-ethyl adjacent to an activating group) is 1. The van der Waals surface area contributed by atoms with Crippen molar-refractivity contribution in [1.29, 1.82) is 0 Å². The Bertz CT molecular complexity index is 202. The van der Waals surface area contributed by atoms with Gasteiger partial charge in [0.1, 0.15) is 18.3 Å². The zero-order chi connectivity index (χ0) is 14.0. The molecule has 0 aliphatic carbocycles. The van der Waals surface area contributed by atoms with Crippen LogP contribution in [0.15, 0.2) is 0 Å². The Morgan fingerprint density at radius 2 is 1.41 bits per heavy atom. The van der Waals surface area contributed by atoms with E-state index in [9.17, 15) is 5.11 Å². The maximum absolute atomic E-state index is 9.21. The van der Waals surface area contributed by atoms with Crippen LogP contribution in [0, 0.1) is 0 Å². The SMILES string of the molecule is CNC[C@H](O)[C@@H](O)[C@H](O)[C@H](O)CO.O=[P+](O)O. The molecule has 8 N–H and O–H groups in total. The molecule has 0 aromatic heterocycles. The fourth-order valence-corrected chi connectivity index (χ4v) is 0.893. The highest BCUT2D eigenvalue weighted by molar-refractivity contribution is 7.30. The Hall–Kier alpha value is -0.220. The summed E-state index contributed by atoms with van der Waals surface area (Å²) in [4.78, 5) is 14.2. The minimum Gasteiger partial charge on any atom is -0.394 e.